The number of piperazine rings is 1. The molecule has 1 saturated heterocycles. The highest BCUT2D eigenvalue weighted by Crippen LogP contribution is 2.30. The summed E-state index contributed by atoms with van der Waals surface area (Å²) >= 11 is 0. The minimum Gasteiger partial charge on any atom is -0.506 e. The van der Waals surface area contributed by atoms with Crippen molar-refractivity contribution < 1.29 is 28.7 Å². The van der Waals surface area contributed by atoms with Gasteiger partial charge in [0.25, 0.3) is 5.69 Å². The summed E-state index contributed by atoms with van der Waals surface area (Å²) in [4.78, 5) is 43.6. The molecule has 2 aromatic heterocycles. The number of anilines is 1. The van der Waals surface area contributed by atoms with Crippen LogP contribution in [0.2, 0.25) is 0 Å². The quantitative estimate of drug-likeness (QED) is 0.218. The van der Waals surface area contributed by atoms with Crippen molar-refractivity contribution in [1.29, 1.82) is 0 Å². The first kappa shape index (κ1) is 27.7. The van der Waals surface area contributed by atoms with Crippen LogP contribution in [0.3, 0.4) is 0 Å². The summed E-state index contributed by atoms with van der Waals surface area (Å²) in [5.74, 6) is -3.26. The second-order valence-corrected chi connectivity index (χ2v) is 10.2. The van der Waals surface area contributed by atoms with E-state index in [1.54, 1.807) is 17.0 Å². The number of benzene rings is 3. The van der Waals surface area contributed by atoms with Gasteiger partial charge in [-0.05, 0) is 30.3 Å². The predicted octanol–water partition coefficient (Wildman–Crippen LogP) is 4.45. The van der Waals surface area contributed by atoms with Crippen LogP contribution in [0.1, 0.15) is 16.1 Å². The van der Waals surface area contributed by atoms with E-state index in [9.17, 15) is 29.9 Å². The Morgan fingerprint density at radius 2 is 1.72 bits per heavy atom. The van der Waals surface area contributed by atoms with Crippen molar-refractivity contribution in [2.24, 2.45) is 0 Å². The monoisotopic (exact) mass is 587 g/mol. The summed E-state index contributed by atoms with van der Waals surface area (Å²) in [6.45, 7) is 2.41. The van der Waals surface area contributed by atoms with E-state index >= 15 is 8.78 Å². The molecule has 1 aliphatic heterocycles. The van der Waals surface area contributed by atoms with Crippen LogP contribution in [0, 0.1) is 21.7 Å². The molecule has 1 aliphatic rings. The van der Waals surface area contributed by atoms with Crippen molar-refractivity contribution in [3.63, 3.8) is 0 Å². The van der Waals surface area contributed by atoms with Gasteiger partial charge in [-0.1, -0.05) is 18.2 Å². The molecule has 0 amide bonds. The van der Waals surface area contributed by atoms with Crippen LogP contribution in [-0.2, 0) is 6.54 Å². The number of nitro benzene ring substituents is 1. The van der Waals surface area contributed by atoms with Gasteiger partial charge in [0.15, 0.2) is 5.82 Å². The van der Waals surface area contributed by atoms with Gasteiger partial charge in [0.05, 0.1) is 33.6 Å². The van der Waals surface area contributed by atoms with E-state index in [0.29, 0.717) is 44.3 Å². The number of pyridine rings is 2. The Balaban J connectivity index is 1.32. The lowest BCUT2D eigenvalue weighted by atomic mass is 10.1. The highest BCUT2D eigenvalue weighted by atomic mass is 19.1. The predicted molar refractivity (Wildman–Crippen MR) is 154 cm³/mol. The van der Waals surface area contributed by atoms with Crippen molar-refractivity contribution in [1.82, 2.24) is 14.5 Å². The van der Waals surface area contributed by atoms with Crippen molar-refractivity contribution in [3.8, 4) is 11.4 Å². The number of phenols is 1. The van der Waals surface area contributed by atoms with E-state index in [0.717, 1.165) is 40.0 Å². The number of phenolic OH excluding ortho intramolecular Hbond substituents is 1. The van der Waals surface area contributed by atoms with Gasteiger partial charge in [0, 0.05) is 55.8 Å². The molecule has 218 valence electrons. The number of fused-ring (bicyclic) bond motifs is 2. The molecule has 0 saturated carbocycles. The fraction of sp³-hybridized carbons (Fsp3) is 0.167. The normalized spacial score (nSPS) is 14.0. The molecule has 6 rings (SSSR count). The molecule has 3 heterocycles. The second-order valence-electron chi connectivity index (χ2n) is 10.2. The van der Waals surface area contributed by atoms with E-state index in [1.165, 1.54) is 6.07 Å². The number of aromatic carboxylic acids is 1. The number of non-ortho nitro benzene ring substituents is 1. The molecule has 0 atom stereocenters. The fourth-order valence-electron chi connectivity index (χ4n) is 5.37. The summed E-state index contributed by atoms with van der Waals surface area (Å²) < 4.78 is 31.6. The van der Waals surface area contributed by atoms with E-state index in [1.807, 2.05) is 18.2 Å². The number of carboxylic acids is 1. The Labute approximate surface area is 241 Å². The Hall–Kier alpha value is -5.43. The maximum absolute atomic E-state index is 15.5. The van der Waals surface area contributed by atoms with Crippen molar-refractivity contribution in [3.05, 3.63) is 110 Å². The Morgan fingerprint density at radius 1 is 0.977 bits per heavy atom. The molecule has 0 radical (unpaired) electrons. The number of hydrogen-bond acceptors (Lipinski definition) is 8. The third kappa shape index (κ3) is 5.10. The lowest BCUT2D eigenvalue weighted by Gasteiger charge is -2.36. The van der Waals surface area contributed by atoms with E-state index in [-0.39, 0.29) is 28.0 Å². The van der Waals surface area contributed by atoms with Gasteiger partial charge in [-0.3, -0.25) is 19.8 Å². The number of nitro groups is 1. The highest BCUT2D eigenvalue weighted by molar-refractivity contribution is 5.94. The van der Waals surface area contributed by atoms with Gasteiger partial charge in [0.2, 0.25) is 5.43 Å². The van der Waals surface area contributed by atoms with E-state index in [2.05, 4.69) is 9.88 Å². The third-order valence-electron chi connectivity index (χ3n) is 7.56. The molecular weight excluding hydrogens is 564 g/mol. The Morgan fingerprint density at radius 3 is 2.42 bits per heavy atom. The summed E-state index contributed by atoms with van der Waals surface area (Å²) in [6, 6.07) is 14.1. The first-order valence-corrected chi connectivity index (χ1v) is 13.2. The fourth-order valence-corrected chi connectivity index (χ4v) is 5.37. The average molecular weight is 588 g/mol. The molecule has 1 fully saturated rings. The maximum atomic E-state index is 15.5. The third-order valence-corrected chi connectivity index (χ3v) is 7.56. The van der Waals surface area contributed by atoms with Gasteiger partial charge in [-0.25, -0.2) is 18.6 Å². The van der Waals surface area contributed by atoms with Gasteiger partial charge in [-0.2, -0.15) is 0 Å². The molecule has 5 aromatic rings. The zero-order valence-electron chi connectivity index (χ0n) is 22.4. The van der Waals surface area contributed by atoms with Crippen molar-refractivity contribution in [2.45, 2.75) is 6.54 Å². The molecule has 2 N–H and O–H groups in total. The van der Waals surface area contributed by atoms with Crippen LogP contribution < -0.4 is 10.3 Å². The number of carboxylic acid groups (broad SMARTS) is 1. The summed E-state index contributed by atoms with van der Waals surface area (Å²) in [5, 5.41) is 31.4. The molecule has 11 nitrogen and oxygen atoms in total. The van der Waals surface area contributed by atoms with Gasteiger partial charge in [0.1, 0.15) is 22.6 Å². The maximum Gasteiger partial charge on any atom is 0.341 e. The molecule has 0 unspecified atom stereocenters. The summed E-state index contributed by atoms with van der Waals surface area (Å²) in [7, 11) is 0. The lowest BCUT2D eigenvalue weighted by Crippen LogP contribution is -2.46. The van der Waals surface area contributed by atoms with Crippen molar-refractivity contribution in [2.75, 3.05) is 31.1 Å². The molecule has 0 aliphatic carbocycles. The highest BCUT2D eigenvalue weighted by Gasteiger charge is 2.24. The number of rotatable bonds is 6. The topological polar surface area (TPSA) is 142 Å². The van der Waals surface area contributed by atoms with Crippen LogP contribution in [0.15, 0.2) is 71.7 Å². The first-order valence-electron chi connectivity index (χ1n) is 13.2. The smallest absolute Gasteiger partial charge is 0.341 e. The number of aromatic hydroxyl groups is 1. The largest absolute Gasteiger partial charge is 0.506 e. The van der Waals surface area contributed by atoms with Crippen LogP contribution in [0.5, 0.6) is 5.75 Å². The molecule has 43 heavy (non-hydrogen) atoms. The zero-order valence-corrected chi connectivity index (χ0v) is 22.4. The Kier molecular flexibility index (Phi) is 6.94. The molecule has 0 spiro atoms. The molecule has 13 heteroatoms. The van der Waals surface area contributed by atoms with E-state index < -0.39 is 39.2 Å². The van der Waals surface area contributed by atoms with Crippen LogP contribution >= 0.6 is 0 Å². The molecular formula is C30H23F2N5O6. The van der Waals surface area contributed by atoms with E-state index in [4.69, 9.17) is 0 Å². The molecule has 3 aromatic carbocycles. The van der Waals surface area contributed by atoms with Crippen molar-refractivity contribution >= 4 is 39.1 Å². The minimum atomic E-state index is -1.58. The van der Waals surface area contributed by atoms with Crippen LogP contribution in [-0.4, -0.2) is 61.7 Å². The van der Waals surface area contributed by atoms with Gasteiger partial charge >= 0.3 is 5.97 Å². The van der Waals surface area contributed by atoms with Crippen LogP contribution in [0.25, 0.3) is 27.5 Å². The van der Waals surface area contributed by atoms with Gasteiger partial charge < -0.3 is 19.7 Å². The number of hydrogen-bond donors (Lipinski definition) is 2. The summed E-state index contributed by atoms with van der Waals surface area (Å²) in [6.07, 6.45) is 0.936. The summed E-state index contributed by atoms with van der Waals surface area (Å²) in [5.41, 5.74) is -0.936. The number of carbonyl (C=O) groups is 1. The number of nitrogens with zero attached hydrogens (tertiary/aromatic N) is 5. The standard InChI is InChI=1S/C30H23F2N5O6/c31-22-12-19(37(42)43)6-7-24(22)36-16-21(30(40)41)29(39)20-13-23(32)26(14-25(20)36)35-10-8-34(9-11-35)15-18-5-4-17-2-1-3-27(38)28(17)33-18/h1-7,12-14,16,38H,8-11,15H2,(H,40,41). The number of halogens is 2. The first-order chi connectivity index (χ1) is 20.6. The number of aromatic nitrogens is 2. The Bertz CT molecular complexity index is 2010. The van der Waals surface area contributed by atoms with Crippen LogP contribution in [0.4, 0.5) is 20.2 Å². The zero-order chi connectivity index (χ0) is 30.4. The van der Waals surface area contributed by atoms with Gasteiger partial charge in [-0.15, -0.1) is 0 Å². The lowest BCUT2D eigenvalue weighted by molar-refractivity contribution is -0.385. The average Bonchev–Trinajstić information content (AvgIpc) is 2.98. The minimum absolute atomic E-state index is 0.0433. The SMILES string of the molecule is O=C(O)c1cn(-c2ccc([N+](=O)[O-])cc2F)c2cc(N3CCN(Cc4ccc5cccc(O)c5n4)CC3)c(F)cc2c1=O. The number of para-hydroxylation sites is 1. The second kappa shape index (κ2) is 10.8. The molecule has 0 bridgehead atoms.